The largest absolute Gasteiger partial charge is 0.494 e. The fourth-order valence-corrected chi connectivity index (χ4v) is 2.46. The van der Waals surface area contributed by atoms with Crippen molar-refractivity contribution < 1.29 is 19.1 Å². The molecule has 3 N–H and O–H groups in total. The van der Waals surface area contributed by atoms with Crippen molar-refractivity contribution >= 4 is 23.2 Å². The number of amides is 2. The molecular weight excluding hydrogens is 370 g/mol. The van der Waals surface area contributed by atoms with Gasteiger partial charge in [-0.25, -0.2) is 0 Å². The Kier molecular flexibility index (Phi) is 9.51. The van der Waals surface area contributed by atoms with Crippen LogP contribution in [0.5, 0.6) is 5.75 Å². The standard InChI is InChI=1S/C22H29N3O4/c1-3-4-14-29-20-11-9-19(10-12-20)25-21(26)16-24-18-7-5-17(6-8-18)22(27)23-13-15-28-2/h5-12,24H,3-4,13-16H2,1-2H3,(H,23,27)(H,25,26). The van der Waals surface area contributed by atoms with Gasteiger partial charge in [-0.1, -0.05) is 13.3 Å². The van der Waals surface area contributed by atoms with E-state index in [2.05, 4.69) is 22.9 Å². The van der Waals surface area contributed by atoms with Crippen LogP contribution in [-0.2, 0) is 9.53 Å². The maximum Gasteiger partial charge on any atom is 0.251 e. The minimum absolute atomic E-state index is 0.119. The summed E-state index contributed by atoms with van der Waals surface area (Å²) in [5.41, 5.74) is 2.02. The van der Waals surface area contributed by atoms with Crippen LogP contribution in [0.2, 0.25) is 0 Å². The summed E-state index contributed by atoms with van der Waals surface area (Å²) >= 11 is 0. The summed E-state index contributed by atoms with van der Waals surface area (Å²) in [5, 5.41) is 8.63. The number of unbranched alkanes of at least 4 members (excludes halogenated alkanes) is 1. The maximum absolute atomic E-state index is 12.1. The number of carbonyl (C=O) groups excluding carboxylic acids is 2. The average Bonchev–Trinajstić information content (AvgIpc) is 2.74. The van der Waals surface area contributed by atoms with Crippen LogP contribution in [0.15, 0.2) is 48.5 Å². The maximum atomic E-state index is 12.1. The molecule has 156 valence electrons. The van der Waals surface area contributed by atoms with Crippen LogP contribution < -0.4 is 20.7 Å². The third kappa shape index (κ3) is 8.23. The van der Waals surface area contributed by atoms with Gasteiger partial charge in [-0.3, -0.25) is 9.59 Å². The Morgan fingerprint density at radius 3 is 2.28 bits per heavy atom. The highest BCUT2D eigenvalue weighted by Gasteiger charge is 2.06. The van der Waals surface area contributed by atoms with E-state index in [4.69, 9.17) is 9.47 Å². The van der Waals surface area contributed by atoms with Crippen molar-refractivity contribution in [2.75, 3.05) is 44.0 Å². The Balaban J connectivity index is 1.75. The molecule has 0 heterocycles. The first kappa shape index (κ1) is 22.2. The molecule has 0 radical (unpaired) electrons. The lowest BCUT2D eigenvalue weighted by Crippen LogP contribution is -2.26. The van der Waals surface area contributed by atoms with Gasteiger partial charge in [0, 0.05) is 30.6 Å². The molecule has 0 fully saturated rings. The molecule has 0 aromatic heterocycles. The second kappa shape index (κ2) is 12.4. The molecule has 0 bridgehead atoms. The van der Waals surface area contributed by atoms with E-state index in [1.165, 1.54) is 0 Å². The second-order valence-corrected chi connectivity index (χ2v) is 6.45. The third-order valence-electron chi connectivity index (χ3n) is 4.10. The van der Waals surface area contributed by atoms with Gasteiger partial charge in [-0.15, -0.1) is 0 Å². The minimum Gasteiger partial charge on any atom is -0.494 e. The number of methoxy groups -OCH3 is 1. The van der Waals surface area contributed by atoms with Crippen molar-refractivity contribution in [3.05, 3.63) is 54.1 Å². The van der Waals surface area contributed by atoms with E-state index >= 15 is 0 Å². The van der Waals surface area contributed by atoms with Crippen LogP contribution in [0.25, 0.3) is 0 Å². The topological polar surface area (TPSA) is 88.7 Å². The zero-order valence-corrected chi connectivity index (χ0v) is 17.0. The van der Waals surface area contributed by atoms with Crippen molar-refractivity contribution in [3.8, 4) is 5.75 Å². The summed E-state index contributed by atoms with van der Waals surface area (Å²) in [5.74, 6) is 0.473. The Bertz CT molecular complexity index is 761. The number of hydrogen-bond donors (Lipinski definition) is 3. The summed E-state index contributed by atoms with van der Waals surface area (Å²) < 4.78 is 10.5. The molecule has 0 aliphatic rings. The number of benzene rings is 2. The first-order valence-electron chi connectivity index (χ1n) is 9.76. The molecule has 0 unspecified atom stereocenters. The van der Waals surface area contributed by atoms with Gasteiger partial charge < -0.3 is 25.4 Å². The van der Waals surface area contributed by atoms with Crippen molar-refractivity contribution in [1.29, 1.82) is 0 Å². The van der Waals surface area contributed by atoms with Crippen molar-refractivity contribution in [1.82, 2.24) is 5.32 Å². The van der Waals surface area contributed by atoms with E-state index in [1.54, 1.807) is 31.4 Å². The van der Waals surface area contributed by atoms with Crippen LogP contribution >= 0.6 is 0 Å². The van der Waals surface area contributed by atoms with E-state index in [-0.39, 0.29) is 18.4 Å². The van der Waals surface area contributed by atoms with E-state index in [9.17, 15) is 9.59 Å². The summed E-state index contributed by atoms with van der Waals surface area (Å²) in [4.78, 5) is 24.1. The highest BCUT2D eigenvalue weighted by molar-refractivity contribution is 5.95. The molecule has 7 heteroatoms. The number of anilines is 2. The summed E-state index contributed by atoms with van der Waals surface area (Å²) in [6.45, 7) is 3.86. The summed E-state index contributed by atoms with van der Waals surface area (Å²) in [7, 11) is 1.58. The molecule has 0 atom stereocenters. The van der Waals surface area contributed by atoms with Crippen LogP contribution in [-0.4, -0.2) is 45.2 Å². The molecule has 0 spiro atoms. The summed E-state index contributed by atoms with van der Waals surface area (Å²) in [6, 6.07) is 14.3. The van der Waals surface area contributed by atoms with Gasteiger partial charge >= 0.3 is 0 Å². The molecule has 2 amide bonds. The van der Waals surface area contributed by atoms with Crippen LogP contribution in [0.4, 0.5) is 11.4 Å². The highest BCUT2D eigenvalue weighted by Crippen LogP contribution is 2.16. The molecule has 2 rings (SSSR count). The Hall–Kier alpha value is -3.06. The Morgan fingerprint density at radius 1 is 0.931 bits per heavy atom. The molecule has 29 heavy (non-hydrogen) atoms. The molecule has 0 saturated heterocycles. The van der Waals surface area contributed by atoms with Gasteiger partial charge in [-0.05, 0) is 55.0 Å². The predicted molar refractivity (Wildman–Crippen MR) is 115 cm³/mol. The highest BCUT2D eigenvalue weighted by atomic mass is 16.5. The molecule has 7 nitrogen and oxygen atoms in total. The lowest BCUT2D eigenvalue weighted by Gasteiger charge is -2.10. The van der Waals surface area contributed by atoms with Crippen molar-refractivity contribution in [2.45, 2.75) is 19.8 Å². The van der Waals surface area contributed by atoms with Crippen LogP contribution in [0, 0.1) is 0 Å². The molecule has 0 saturated carbocycles. The van der Waals surface area contributed by atoms with Gasteiger partial charge in [-0.2, -0.15) is 0 Å². The quantitative estimate of drug-likeness (QED) is 0.477. The molecular formula is C22H29N3O4. The normalized spacial score (nSPS) is 10.3. The lowest BCUT2D eigenvalue weighted by molar-refractivity contribution is -0.114. The van der Waals surface area contributed by atoms with Gasteiger partial charge in [0.1, 0.15) is 5.75 Å². The van der Waals surface area contributed by atoms with E-state index < -0.39 is 0 Å². The zero-order valence-electron chi connectivity index (χ0n) is 17.0. The monoisotopic (exact) mass is 399 g/mol. The molecule has 2 aromatic rings. The average molecular weight is 399 g/mol. The van der Waals surface area contributed by atoms with E-state index in [0.717, 1.165) is 24.3 Å². The Morgan fingerprint density at radius 2 is 1.62 bits per heavy atom. The van der Waals surface area contributed by atoms with E-state index in [1.807, 2.05) is 24.3 Å². The molecule has 2 aromatic carbocycles. The number of ether oxygens (including phenoxy) is 2. The number of nitrogens with one attached hydrogen (secondary N) is 3. The fraction of sp³-hybridized carbons (Fsp3) is 0.364. The van der Waals surface area contributed by atoms with Gasteiger partial charge in [0.15, 0.2) is 0 Å². The first-order valence-corrected chi connectivity index (χ1v) is 9.76. The minimum atomic E-state index is -0.161. The smallest absolute Gasteiger partial charge is 0.251 e. The summed E-state index contributed by atoms with van der Waals surface area (Å²) in [6.07, 6.45) is 2.11. The predicted octanol–water partition coefficient (Wildman–Crippen LogP) is 3.29. The SMILES string of the molecule is CCCCOc1ccc(NC(=O)CNc2ccc(C(=O)NCCOC)cc2)cc1. The lowest BCUT2D eigenvalue weighted by atomic mass is 10.2. The van der Waals surface area contributed by atoms with Gasteiger partial charge in [0.25, 0.3) is 5.91 Å². The number of hydrogen-bond acceptors (Lipinski definition) is 5. The second-order valence-electron chi connectivity index (χ2n) is 6.45. The third-order valence-corrected chi connectivity index (χ3v) is 4.10. The zero-order chi connectivity index (χ0) is 20.9. The van der Waals surface area contributed by atoms with Crippen molar-refractivity contribution in [3.63, 3.8) is 0 Å². The van der Waals surface area contributed by atoms with Gasteiger partial charge in [0.2, 0.25) is 5.91 Å². The van der Waals surface area contributed by atoms with Crippen LogP contribution in [0.1, 0.15) is 30.1 Å². The molecule has 0 aliphatic heterocycles. The van der Waals surface area contributed by atoms with Crippen LogP contribution in [0.3, 0.4) is 0 Å². The Labute approximate surface area is 171 Å². The van der Waals surface area contributed by atoms with Crippen molar-refractivity contribution in [2.24, 2.45) is 0 Å². The number of carbonyl (C=O) groups is 2. The van der Waals surface area contributed by atoms with Gasteiger partial charge in [0.05, 0.1) is 19.8 Å². The molecule has 0 aliphatic carbocycles. The van der Waals surface area contributed by atoms with E-state index in [0.29, 0.717) is 31.0 Å². The number of rotatable bonds is 12. The fourth-order valence-electron chi connectivity index (χ4n) is 2.46. The first-order chi connectivity index (χ1) is 14.1.